The van der Waals surface area contributed by atoms with Gasteiger partial charge in [0, 0.05) is 12.6 Å². The smallest absolute Gasteiger partial charge is 0.416 e. The molecule has 0 aromatic heterocycles. The quantitative estimate of drug-likeness (QED) is 0.875. The molecule has 1 aromatic carbocycles. The number of carboxylic acids is 1. The van der Waals surface area contributed by atoms with Gasteiger partial charge in [-0.3, -0.25) is 4.79 Å². The zero-order valence-electron chi connectivity index (χ0n) is 11.4. The molecule has 0 amide bonds. The summed E-state index contributed by atoms with van der Waals surface area (Å²) in [4.78, 5) is 12.2. The van der Waals surface area contributed by atoms with Crippen LogP contribution in [-0.4, -0.2) is 35.6 Å². The minimum Gasteiger partial charge on any atom is -0.481 e. The number of nitrogens with zero attached hydrogens (tertiary/aromatic N) is 1. The highest BCUT2D eigenvalue weighted by molar-refractivity contribution is 5.66. The lowest BCUT2D eigenvalue weighted by Gasteiger charge is -2.25. The van der Waals surface area contributed by atoms with E-state index in [1.54, 1.807) is 24.9 Å². The van der Waals surface area contributed by atoms with Gasteiger partial charge in [0.2, 0.25) is 0 Å². The Bertz CT molecular complexity index is 460. The molecule has 0 spiro atoms. The van der Waals surface area contributed by atoms with Crippen molar-refractivity contribution < 1.29 is 23.1 Å². The standard InChI is InChI=1S/C14H18F3NO2/c1-10(18(2)8-7-13(19)20)9-11-5-3-4-6-12(11)14(15,16)17/h3-6,10H,7-9H2,1-2H3,(H,19,20). The molecule has 1 atom stereocenters. The second-order valence-corrected chi connectivity index (χ2v) is 4.83. The van der Waals surface area contributed by atoms with Crippen molar-refractivity contribution in [2.45, 2.75) is 32.0 Å². The lowest BCUT2D eigenvalue weighted by molar-refractivity contribution is -0.138. The molecule has 20 heavy (non-hydrogen) atoms. The first-order chi connectivity index (χ1) is 9.21. The van der Waals surface area contributed by atoms with Gasteiger partial charge in [0.25, 0.3) is 0 Å². The van der Waals surface area contributed by atoms with E-state index in [0.717, 1.165) is 6.07 Å². The SMILES string of the molecule is CC(Cc1ccccc1C(F)(F)F)N(C)CCC(=O)O. The third kappa shape index (κ3) is 4.85. The van der Waals surface area contributed by atoms with Crippen molar-refractivity contribution in [1.29, 1.82) is 0 Å². The maximum absolute atomic E-state index is 12.9. The summed E-state index contributed by atoms with van der Waals surface area (Å²) in [6.07, 6.45) is -4.16. The van der Waals surface area contributed by atoms with E-state index in [0.29, 0.717) is 6.54 Å². The predicted octanol–water partition coefficient (Wildman–Crippen LogP) is 3.04. The molecule has 0 fully saturated rings. The third-order valence-electron chi connectivity index (χ3n) is 3.27. The highest BCUT2D eigenvalue weighted by Crippen LogP contribution is 2.32. The van der Waals surface area contributed by atoms with Crippen LogP contribution in [0.2, 0.25) is 0 Å². The summed E-state index contributed by atoms with van der Waals surface area (Å²) in [7, 11) is 1.71. The molecule has 0 aliphatic carbocycles. The summed E-state index contributed by atoms with van der Waals surface area (Å²) in [6, 6.07) is 5.31. The predicted molar refractivity (Wildman–Crippen MR) is 69.5 cm³/mol. The number of alkyl halides is 3. The van der Waals surface area contributed by atoms with Crippen LogP contribution in [0.1, 0.15) is 24.5 Å². The van der Waals surface area contributed by atoms with Crippen molar-refractivity contribution in [3.8, 4) is 0 Å². The number of rotatable bonds is 6. The molecule has 6 heteroatoms. The summed E-state index contributed by atoms with van der Waals surface area (Å²) in [5, 5.41) is 8.61. The molecule has 0 bridgehead atoms. The van der Waals surface area contributed by atoms with Crippen LogP contribution in [0.25, 0.3) is 0 Å². The number of halogens is 3. The Morgan fingerprint density at radius 1 is 1.35 bits per heavy atom. The number of carbonyl (C=O) groups is 1. The topological polar surface area (TPSA) is 40.5 Å². The molecule has 0 saturated heterocycles. The average Bonchev–Trinajstić information content (AvgIpc) is 2.35. The van der Waals surface area contributed by atoms with Gasteiger partial charge in [0.05, 0.1) is 12.0 Å². The summed E-state index contributed by atoms with van der Waals surface area (Å²) < 4.78 is 38.6. The molecule has 1 N–H and O–H groups in total. The van der Waals surface area contributed by atoms with E-state index in [1.165, 1.54) is 12.1 Å². The minimum atomic E-state index is -4.37. The fraction of sp³-hybridized carbons (Fsp3) is 0.500. The zero-order valence-corrected chi connectivity index (χ0v) is 11.4. The van der Waals surface area contributed by atoms with Gasteiger partial charge < -0.3 is 10.0 Å². The molecule has 1 rings (SSSR count). The van der Waals surface area contributed by atoms with Gasteiger partial charge in [-0.2, -0.15) is 13.2 Å². The number of benzene rings is 1. The number of aliphatic carboxylic acids is 1. The van der Waals surface area contributed by atoms with Crippen LogP contribution >= 0.6 is 0 Å². The number of carboxylic acid groups (broad SMARTS) is 1. The van der Waals surface area contributed by atoms with E-state index in [1.807, 2.05) is 0 Å². The maximum Gasteiger partial charge on any atom is 0.416 e. The summed E-state index contributed by atoms with van der Waals surface area (Å²) >= 11 is 0. The van der Waals surface area contributed by atoms with Crippen molar-refractivity contribution in [3.05, 3.63) is 35.4 Å². The number of likely N-dealkylation sites (N-methyl/N-ethyl adjacent to an activating group) is 1. The van der Waals surface area contributed by atoms with Crippen molar-refractivity contribution >= 4 is 5.97 Å². The normalized spacial score (nSPS) is 13.5. The number of hydrogen-bond acceptors (Lipinski definition) is 2. The van der Waals surface area contributed by atoms with Crippen molar-refractivity contribution in [1.82, 2.24) is 4.90 Å². The molecule has 1 aromatic rings. The lowest BCUT2D eigenvalue weighted by atomic mass is 10.00. The Morgan fingerprint density at radius 3 is 2.50 bits per heavy atom. The molecule has 1 unspecified atom stereocenters. The van der Waals surface area contributed by atoms with Crippen molar-refractivity contribution in [2.24, 2.45) is 0 Å². The van der Waals surface area contributed by atoms with Gasteiger partial charge in [-0.1, -0.05) is 18.2 Å². The van der Waals surface area contributed by atoms with E-state index in [2.05, 4.69) is 0 Å². The van der Waals surface area contributed by atoms with Gasteiger partial charge in [-0.15, -0.1) is 0 Å². The molecule has 0 saturated carbocycles. The molecular weight excluding hydrogens is 271 g/mol. The Labute approximate surface area is 116 Å². The number of hydrogen-bond donors (Lipinski definition) is 1. The summed E-state index contributed by atoms with van der Waals surface area (Å²) in [5.74, 6) is -0.917. The Kier molecular flexibility index (Phi) is 5.56. The first-order valence-corrected chi connectivity index (χ1v) is 6.29. The highest BCUT2D eigenvalue weighted by atomic mass is 19.4. The maximum atomic E-state index is 12.9. The molecule has 3 nitrogen and oxygen atoms in total. The van der Waals surface area contributed by atoms with E-state index >= 15 is 0 Å². The first-order valence-electron chi connectivity index (χ1n) is 6.29. The first kappa shape index (κ1) is 16.5. The van der Waals surface area contributed by atoms with Crippen LogP contribution in [0.15, 0.2) is 24.3 Å². The van der Waals surface area contributed by atoms with Crippen LogP contribution in [-0.2, 0) is 17.4 Å². The largest absolute Gasteiger partial charge is 0.481 e. The molecule has 0 aliphatic rings. The second kappa shape index (κ2) is 6.74. The zero-order chi connectivity index (χ0) is 15.3. The molecule has 112 valence electrons. The van der Waals surface area contributed by atoms with Crippen LogP contribution < -0.4 is 0 Å². The Balaban J connectivity index is 2.75. The minimum absolute atomic E-state index is 0.0260. The Morgan fingerprint density at radius 2 is 1.95 bits per heavy atom. The van der Waals surface area contributed by atoms with Crippen LogP contribution in [0, 0.1) is 0 Å². The van der Waals surface area contributed by atoms with E-state index in [9.17, 15) is 18.0 Å². The van der Waals surface area contributed by atoms with Crippen molar-refractivity contribution in [2.75, 3.05) is 13.6 Å². The van der Waals surface area contributed by atoms with Gasteiger partial charge in [-0.25, -0.2) is 0 Å². The summed E-state index contributed by atoms with van der Waals surface area (Å²) in [5.41, 5.74) is -0.395. The van der Waals surface area contributed by atoms with E-state index in [-0.39, 0.29) is 24.4 Å². The Hall–Kier alpha value is -1.56. The molecular formula is C14H18F3NO2. The van der Waals surface area contributed by atoms with E-state index < -0.39 is 17.7 Å². The fourth-order valence-electron chi connectivity index (χ4n) is 1.94. The van der Waals surface area contributed by atoms with E-state index in [4.69, 9.17) is 5.11 Å². The fourth-order valence-corrected chi connectivity index (χ4v) is 1.94. The van der Waals surface area contributed by atoms with Crippen LogP contribution in [0.4, 0.5) is 13.2 Å². The lowest BCUT2D eigenvalue weighted by Crippen LogP contribution is -2.33. The van der Waals surface area contributed by atoms with Gasteiger partial charge >= 0.3 is 12.1 Å². The highest BCUT2D eigenvalue weighted by Gasteiger charge is 2.33. The van der Waals surface area contributed by atoms with Gasteiger partial charge in [0.1, 0.15) is 0 Å². The summed E-state index contributed by atoms with van der Waals surface area (Å²) in [6.45, 7) is 2.10. The van der Waals surface area contributed by atoms with Crippen LogP contribution in [0.3, 0.4) is 0 Å². The van der Waals surface area contributed by atoms with Crippen LogP contribution in [0.5, 0.6) is 0 Å². The second-order valence-electron chi connectivity index (χ2n) is 4.83. The van der Waals surface area contributed by atoms with Gasteiger partial charge in [-0.05, 0) is 32.0 Å². The molecule has 0 aliphatic heterocycles. The molecule has 0 heterocycles. The molecule has 0 radical (unpaired) electrons. The third-order valence-corrected chi connectivity index (χ3v) is 3.27. The monoisotopic (exact) mass is 289 g/mol. The average molecular weight is 289 g/mol. The van der Waals surface area contributed by atoms with Gasteiger partial charge in [0.15, 0.2) is 0 Å². The van der Waals surface area contributed by atoms with Crippen molar-refractivity contribution in [3.63, 3.8) is 0 Å².